The van der Waals surface area contributed by atoms with E-state index in [1.165, 1.54) is 10.4 Å². The van der Waals surface area contributed by atoms with Crippen molar-refractivity contribution in [3.05, 3.63) is 59.8 Å². The van der Waals surface area contributed by atoms with Crippen molar-refractivity contribution in [1.82, 2.24) is 9.29 Å². The van der Waals surface area contributed by atoms with E-state index in [9.17, 15) is 18.0 Å². The number of esters is 1. The van der Waals surface area contributed by atoms with Gasteiger partial charge in [-0.05, 0) is 49.1 Å². The van der Waals surface area contributed by atoms with Gasteiger partial charge in [0.2, 0.25) is 10.0 Å². The van der Waals surface area contributed by atoms with Crippen LogP contribution in [0.15, 0.2) is 53.6 Å². The van der Waals surface area contributed by atoms with E-state index in [0.717, 1.165) is 22.9 Å². The highest BCUT2D eigenvalue weighted by atomic mass is 32.2. The van der Waals surface area contributed by atoms with Crippen LogP contribution in [0.4, 0.5) is 5.69 Å². The number of rotatable bonds is 11. The third-order valence-corrected chi connectivity index (χ3v) is 7.85. The Morgan fingerprint density at radius 2 is 1.82 bits per heavy atom. The van der Waals surface area contributed by atoms with Gasteiger partial charge in [-0.25, -0.2) is 8.42 Å². The summed E-state index contributed by atoms with van der Waals surface area (Å²) < 4.78 is 32.2. The Morgan fingerprint density at radius 3 is 2.56 bits per heavy atom. The number of nitrogens with one attached hydrogen (secondary N) is 2. The number of aromatic nitrogens is 1. The lowest BCUT2D eigenvalue weighted by molar-refractivity contribution is -0.147. The lowest BCUT2D eigenvalue weighted by Gasteiger charge is -2.20. The predicted molar refractivity (Wildman–Crippen MR) is 132 cm³/mol. The molecule has 0 saturated carbocycles. The number of H-pyrrole nitrogens is 1. The fourth-order valence-corrected chi connectivity index (χ4v) is 5.54. The van der Waals surface area contributed by atoms with Gasteiger partial charge >= 0.3 is 5.97 Å². The van der Waals surface area contributed by atoms with Crippen LogP contribution in [0.5, 0.6) is 0 Å². The van der Waals surface area contributed by atoms with E-state index in [0.29, 0.717) is 30.8 Å². The molecule has 0 aliphatic carbocycles. The number of aromatic amines is 1. The number of sulfonamides is 1. The fourth-order valence-electron chi connectivity index (χ4n) is 3.84. The van der Waals surface area contributed by atoms with Crippen molar-refractivity contribution in [2.75, 3.05) is 25.0 Å². The zero-order chi connectivity index (χ0) is 24.7. The number of hydrogen-bond acceptors (Lipinski definition) is 5. The summed E-state index contributed by atoms with van der Waals surface area (Å²) >= 11 is 0. The Bertz CT molecular complexity index is 1260. The lowest BCUT2D eigenvalue weighted by atomic mass is 10.1. The molecular formula is C25H31N3O5S. The van der Waals surface area contributed by atoms with Crippen LogP contribution in [-0.4, -0.2) is 49.3 Å². The summed E-state index contributed by atoms with van der Waals surface area (Å²) in [6, 6.07) is 12.7. The first-order valence-corrected chi connectivity index (χ1v) is 12.8. The number of nitrogens with zero attached hydrogens (tertiary/aromatic N) is 1. The number of ether oxygens (including phenoxy) is 1. The van der Waals surface area contributed by atoms with Gasteiger partial charge in [-0.15, -0.1) is 0 Å². The maximum absolute atomic E-state index is 12.9. The van der Waals surface area contributed by atoms with Crippen molar-refractivity contribution in [3.63, 3.8) is 0 Å². The van der Waals surface area contributed by atoms with Crippen molar-refractivity contribution in [1.29, 1.82) is 0 Å². The lowest BCUT2D eigenvalue weighted by Crippen LogP contribution is -2.31. The van der Waals surface area contributed by atoms with Crippen LogP contribution in [0.3, 0.4) is 0 Å². The first kappa shape index (κ1) is 25.5. The van der Waals surface area contributed by atoms with E-state index in [1.807, 2.05) is 30.5 Å². The Labute approximate surface area is 200 Å². The zero-order valence-corrected chi connectivity index (χ0v) is 20.6. The second-order valence-corrected chi connectivity index (χ2v) is 9.90. The Kier molecular flexibility index (Phi) is 8.46. The number of aryl methyl sites for hydroxylation is 2. The molecule has 0 aliphatic heterocycles. The molecule has 0 radical (unpaired) electrons. The molecule has 0 aliphatic rings. The van der Waals surface area contributed by atoms with E-state index in [4.69, 9.17) is 4.74 Å². The summed E-state index contributed by atoms with van der Waals surface area (Å²) in [6.07, 6.45) is 3.47. The van der Waals surface area contributed by atoms with Crippen LogP contribution < -0.4 is 5.32 Å². The van der Waals surface area contributed by atoms with Gasteiger partial charge < -0.3 is 15.0 Å². The molecule has 9 heteroatoms. The highest BCUT2D eigenvalue weighted by Gasteiger charge is 2.24. The number of anilines is 1. The summed E-state index contributed by atoms with van der Waals surface area (Å²) in [5.74, 6) is -0.983. The maximum Gasteiger partial charge on any atom is 0.306 e. The molecule has 1 heterocycles. The minimum absolute atomic E-state index is 0.142. The minimum atomic E-state index is -3.66. The van der Waals surface area contributed by atoms with Crippen molar-refractivity contribution < 1.29 is 22.7 Å². The molecular weight excluding hydrogens is 454 g/mol. The van der Waals surface area contributed by atoms with E-state index in [1.54, 1.807) is 32.9 Å². The molecule has 0 fully saturated rings. The van der Waals surface area contributed by atoms with E-state index < -0.39 is 28.5 Å². The molecule has 0 saturated heterocycles. The molecule has 3 rings (SSSR count). The first-order valence-electron chi connectivity index (χ1n) is 11.4. The van der Waals surface area contributed by atoms with Crippen LogP contribution in [0.2, 0.25) is 0 Å². The van der Waals surface area contributed by atoms with Crippen LogP contribution >= 0.6 is 0 Å². The second-order valence-electron chi connectivity index (χ2n) is 7.99. The quantitative estimate of drug-likeness (QED) is 0.399. The summed E-state index contributed by atoms with van der Waals surface area (Å²) in [4.78, 5) is 27.7. The second kappa shape index (κ2) is 11.3. The third-order valence-electron chi connectivity index (χ3n) is 5.66. The van der Waals surface area contributed by atoms with Gasteiger partial charge in [-0.1, -0.05) is 38.1 Å². The van der Waals surface area contributed by atoms with Gasteiger partial charge in [-0.2, -0.15) is 4.31 Å². The average molecular weight is 486 g/mol. The molecule has 0 spiro atoms. The highest BCUT2D eigenvalue weighted by molar-refractivity contribution is 7.89. The average Bonchev–Trinajstić information content (AvgIpc) is 3.22. The highest BCUT2D eigenvalue weighted by Crippen LogP contribution is 2.24. The van der Waals surface area contributed by atoms with Gasteiger partial charge in [0.1, 0.15) is 0 Å². The van der Waals surface area contributed by atoms with Crippen molar-refractivity contribution in [3.8, 4) is 0 Å². The van der Waals surface area contributed by atoms with E-state index >= 15 is 0 Å². The summed E-state index contributed by atoms with van der Waals surface area (Å²) in [6.45, 7) is 5.53. The molecule has 8 nitrogen and oxygen atoms in total. The van der Waals surface area contributed by atoms with Crippen LogP contribution in [0.25, 0.3) is 10.9 Å². The van der Waals surface area contributed by atoms with Gasteiger partial charge in [0, 0.05) is 42.3 Å². The molecule has 0 atom stereocenters. The van der Waals surface area contributed by atoms with Gasteiger partial charge in [-0.3, -0.25) is 9.59 Å². The van der Waals surface area contributed by atoms with E-state index in [2.05, 4.69) is 10.3 Å². The van der Waals surface area contributed by atoms with Crippen LogP contribution in [-0.2, 0) is 30.8 Å². The number of fused-ring (bicyclic) bond motifs is 1. The van der Waals surface area contributed by atoms with Gasteiger partial charge in [0.15, 0.2) is 6.61 Å². The van der Waals surface area contributed by atoms with Gasteiger partial charge in [0.05, 0.1) is 4.90 Å². The molecule has 0 bridgehead atoms. The monoisotopic (exact) mass is 485 g/mol. The van der Waals surface area contributed by atoms with Gasteiger partial charge in [0.25, 0.3) is 5.91 Å². The smallest absolute Gasteiger partial charge is 0.306 e. The molecule has 34 heavy (non-hydrogen) atoms. The molecule has 1 aromatic heterocycles. The van der Waals surface area contributed by atoms with Crippen molar-refractivity contribution >= 4 is 38.5 Å². The third kappa shape index (κ3) is 6.03. The molecule has 0 unspecified atom stereocenters. The Morgan fingerprint density at radius 1 is 1.09 bits per heavy atom. The van der Waals surface area contributed by atoms with Crippen LogP contribution in [0.1, 0.15) is 37.8 Å². The van der Waals surface area contributed by atoms with E-state index in [-0.39, 0.29) is 11.3 Å². The molecule has 3 aromatic rings. The number of carbonyl (C=O) groups excluding carboxylic acids is 2. The number of benzene rings is 2. The zero-order valence-electron chi connectivity index (χ0n) is 19.8. The Balaban J connectivity index is 1.50. The minimum Gasteiger partial charge on any atom is -0.456 e. The summed E-state index contributed by atoms with van der Waals surface area (Å²) in [7, 11) is -3.66. The summed E-state index contributed by atoms with van der Waals surface area (Å²) in [5, 5.41) is 3.74. The standard InChI is InChI=1S/C25H31N3O5S/c1-4-28(5-2)34(31,32)23-15-20(14-13-18(23)3)27-24(29)17-33-25(30)12-8-9-19-16-26-22-11-7-6-10-21(19)22/h6-7,10-11,13-16,26H,4-5,8-9,12,17H2,1-3H3,(H,27,29). The number of amides is 1. The largest absolute Gasteiger partial charge is 0.456 e. The number of para-hydroxylation sites is 1. The molecule has 1 amide bonds. The summed E-state index contributed by atoms with van der Waals surface area (Å²) in [5.41, 5.74) is 3.11. The van der Waals surface area contributed by atoms with Crippen molar-refractivity contribution in [2.24, 2.45) is 0 Å². The SMILES string of the molecule is CCN(CC)S(=O)(=O)c1cc(NC(=O)COC(=O)CCCc2c[nH]c3ccccc23)ccc1C. The fraction of sp³-hybridized carbons (Fsp3) is 0.360. The molecule has 2 N–H and O–H groups in total. The molecule has 182 valence electrons. The topological polar surface area (TPSA) is 109 Å². The Hall–Kier alpha value is -3.17. The number of hydrogen-bond donors (Lipinski definition) is 2. The predicted octanol–water partition coefficient (Wildman–Crippen LogP) is 4.01. The number of carbonyl (C=O) groups is 2. The maximum atomic E-state index is 12.9. The molecule has 2 aromatic carbocycles. The van der Waals surface area contributed by atoms with Crippen LogP contribution in [0, 0.1) is 6.92 Å². The normalized spacial score (nSPS) is 11.6. The first-order chi connectivity index (χ1) is 16.3. The van der Waals surface area contributed by atoms with Crippen molar-refractivity contribution in [2.45, 2.75) is 44.9 Å².